The predicted octanol–water partition coefficient (Wildman–Crippen LogP) is 0.760. The molecule has 0 aromatic heterocycles. The molecule has 4 amide bonds. The van der Waals surface area contributed by atoms with Gasteiger partial charge >= 0.3 is 12.1 Å². The average molecular weight is 308 g/mol. The predicted molar refractivity (Wildman–Crippen MR) is 79.3 cm³/mol. The molecule has 7 nitrogen and oxygen atoms in total. The van der Waals surface area contributed by atoms with Crippen LogP contribution >= 0.6 is 0 Å². The van der Waals surface area contributed by atoms with Crippen molar-refractivity contribution in [3.8, 4) is 0 Å². The molecule has 3 aliphatic heterocycles. The molecule has 0 N–H and O–H groups in total. The summed E-state index contributed by atoms with van der Waals surface area (Å²) in [6.07, 6.45) is 4.53. The second-order valence-corrected chi connectivity index (χ2v) is 7.40. The van der Waals surface area contributed by atoms with Gasteiger partial charge < -0.3 is 19.4 Å². The van der Waals surface area contributed by atoms with Gasteiger partial charge in [-0.15, -0.1) is 0 Å². The number of likely N-dealkylation sites (N-methyl/N-ethyl adjacent to an activating group) is 2. The summed E-state index contributed by atoms with van der Waals surface area (Å²) in [6, 6.07) is 0.0609. The molecule has 0 aromatic carbocycles. The van der Waals surface area contributed by atoms with Crippen molar-refractivity contribution in [3.63, 3.8) is 0 Å². The zero-order valence-corrected chi connectivity index (χ0v) is 13.4. The van der Waals surface area contributed by atoms with E-state index in [0.29, 0.717) is 26.4 Å². The van der Waals surface area contributed by atoms with Gasteiger partial charge in [0.25, 0.3) is 0 Å². The van der Waals surface area contributed by atoms with Crippen LogP contribution in [0.25, 0.3) is 0 Å². The van der Waals surface area contributed by atoms with Crippen LogP contribution in [-0.2, 0) is 4.74 Å². The van der Waals surface area contributed by atoms with E-state index in [1.807, 2.05) is 28.8 Å². The Bertz CT molecular complexity index is 513. The minimum Gasteiger partial charge on any atom is -0.376 e. The van der Waals surface area contributed by atoms with Crippen LogP contribution in [0.3, 0.4) is 0 Å². The standard InChI is InChI=1S/C15H24N4O3/c1-16-7-15(9-22-10-15)19(12(16)20)11-18-8-14(5-3-4-6-14)17(2)13(18)21/h3-11H2,1-2H3. The fraction of sp³-hybridized carbons (Fsp3) is 0.867. The SMILES string of the molecule is CN1CC2(COC2)N(CN2CC3(CCCC3)N(C)C2=O)C1=O. The number of carbonyl (C=O) groups is 2. The molecule has 1 aliphatic carbocycles. The lowest BCUT2D eigenvalue weighted by Crippen LogP contribution is -2.63. The van der Waals surface area contributed by atoms with Gasteiger partial charge in [-0.1, -0.05) is 12.8 Å². The van der Waals surface area contributed by atoms with E-state index >= 15 is 0 Å². The highest BCUT2D eigenvalue weighted by atomic mass is 16.5. The van der Waals surface area contributed by atoms with E-state index in [9.17, 15) is 9.59 Å². The summed E-state index contributed by atoms with van der Waals surface area (Å²) in [7, 11) is 3.73. The summed E-state index contributed by atoms with van der Waals surface area (Å²) in [5, 5.41) is 0. The summed E-state index contributed by atoms with van der Waals surface area (Å²) in [5.41, 5.74) is -0.231. The van der Waals surface area contributed by atoms with Crippen molar-refractivity contribution in [1.29, 1.82) is 0 Å². The molecule has 2 spiro atoms. The van der Waals surface area contributed by atoms with Gasteiger partial charge in [-0.2, -0.15) is 0 Å². The Morgan fingerprint density at radius 1 is 1.00 bits per heavy atom. The first-order chi connectivity index (χ1) is 10.5. The summed E-state index contributed by atoms with van der Waals surface area (Å²) in [5.74, 6) is 0. The zero-order chi connectivity index (χ0) is 15.5. The van der Waals surface area contributed by atoms with E-state index in [4.69, 9.17) is 4.74 Å². The van der Waals surface area contributed by atoms with Crippen LogP contribution in [0.15, 0.2) is 0 Å². The van der Waals surface area contributed by atoms with Crippen LogP contribution in [0.1, 0.15) is 25.7 Å². The molecule has 1 saturated carbocycles. The summed E-state index contributed by atoms with van der Waals surface area (Å²) in [6.45, 7) is 2.97. The molecule has 3 saturated heterocycles. The molecule has 0 bridgehead atoms. The molecule has 0 unspecified atom stereocenters. The van der Waals surface area contributed by atoms with Crippen molar-refractivity contribution >= 4 is 12.1 Å². The van der Waals surface area contributed by atoms with Gasteiger partial charge in [0.2, 0.25) is 0 Å². The van der Waals surface area contributed by atoms with Crippen LogP contribution in [0, 0.1) is 0 Å². The third-order valence-electron chi connectivity index (χ3n) is 6.00. The molecular formula is C15H24N4O3. The second kappa shape index (κ2) is 4.50. The molecule has 22 heavy (non-hydrogen) atoms. The summed E-state index contributed by atoms with van der Waals surface area (Å²) in [4.78, 5) is 32.4. The fourth-order valence-corrected chi connectivity index (χ4v) is 4.55. The van der Waals surface area contributed by atoms with Gasteiger partial charge in [0.15, 0.2) is 0 Å². The lowest BCUT2D eigenvalue weighted by molar-refractivity contribution is -0.114. The molecule has 7 heteroatoms. The molecule has 3 heterocycles. The maximum Gasteiger partial charge on any atom is 0.321 e. The quantitative estimate of drug-likeness (QED) is 0.757. The minimum absolute atomic E-state index is 0.00493. The van der Waals surface area contributed by atoms with Crippen molar-refractivity contribution in [2.24, 2.45) is 0 Å². The maximum absolute atomic E-state index is 12.6. The largest absolute Gasteiger partial charge is 0.376 e. The van der Waals surface area contributed by atoms with E-state index in [1.165, 1.54) is 12.8 Å². The Hall–Kier alpha value is -1.50. The molecule has 0 aromatic rings. The molecule has 0 atom stereocenters. The van der Waals surface area contributed by atoms with Crippen molar-refractivity contribution in [2.45, 2.75) is 36.8 Å². The van der Waals surface area contributed by atoms with Crippen LogP contribution in [0.2, 0.25) is 0 Å². The third kappa shape index (κ3) is 1.71. The van der Waals surface area contributed by atoms with Gasteiger partial charge in [0.1, 0.15) is 12.2 Å². The number of rotatable bonds is 2. The van der Waals surface area contributed by atoms with E-state index in [0.717, 1.165) is 19.4 Å². The van der Waals surface area contributed by atoms with Crippen LogP contribution < -0.4 is 0 Å². The van der Waals surface area contributed by atoms with Crippen molar-refractivity contribution < 1.29 is 14.3 Å². The van der Waals surface area contributed by atoms with E-state index in [2.05, 4.69) is 0 Å². The Morgan fingerprint density at radius 2 is 1.68 bits per heavy atom. The average Bonchev–Trinajstić information content (AvgIpc) is 3.09. The smallest absolute Gasteiger partial charge is 0.321 e. The van der Waals surface area contributed by atoms with Crippen LogP contribution in [0.5, 0.6) is 0 Å². The normalized spacial score (nSPS) is 29.4. The number of hydrogen-bond acceptors (Lipinski definition) is 3. The molecule has 4 aliphatic rings. The lowest BCUT2D eigenvalue weighted by Gasteiger charge is -2.44. The third-order valence-corrected chi connectivity index (χ3v) is 6.00. The van der Waals surface area contributed by atoms with Gasteiger partial charge in [-0.05, 0) is 12.8 Å². The Balaban J connectivity index is 1.53. The maximum atomic E-state index is 12.6. The highest BCUT2D eigenvalue weighted by molar-refractivity contribution is 5.81. The van der Waals surface area contributed by atoms with Gasteiger partial charge in [-0.25, -0.2) is 9.59 Å². The molecular weight excluding hydrogens is 284 g/mol. The molecule has 122 valence electrons. The Morgan fingerprint density at radius 3 is 2.27 bits per heavy atom. The number of carbonyl (C=O) groups excluding carboxylic acids is 2. The number of urea groups is 2. The molecule has 4 rings (SSSR count). The topological polar surface area (TPSA) is 56.3 Å². The van der Waals surface area contributed by atoms with Crippen molar-refractivity contribution in [1.82, 2.24) is 19.6 Å². The Labute approximate surface area is 130 Å². The summed E-state index contributed by atoms with van der Waals surface area (Å²) < 4.78 is 5.36. The van der Waals surface area contributed by atoms with Crippen LogP contribution in [0.4, 0.5) is 9.59 Å². The number of ether oxygens (including phenoxy) is 1. The first-order valence-electron chi connectivity index (χ1n) is 8.11. The zero-order valence-electron chi connectivity index (χ0n) is 13.4. The lowest BCUT2D eigenvalue weighted by atomic mass is 9.96. The van der Waals surface area contributed by atoms with Crippen LogP contribution in [-0.4, -0.2) is 89.8 Å². The van der Waals surface area contributed by atoms with E-state index in [1.54, 1.807) is 4.90 Å². The first kappa shape index (κ1) is 14.1. The summed E-state index contributed by atoms with van der Waals surface area (Å²) >= 11 is 0. The minimum atomic E-state index is -0.226. The molecule has 4 fully saturated rings. The number of nitrogens with zero attached hydrogens (tertiary/aromatic N) is 4. The highest BCUT2D eigenvalue weighted by Gasteiger charge is 2.56. The number of amides is 4. The number of hydrogen-bond donors (Lipinski definition) is 0. The van der Waals surface area contributed by atoms with Crippen molar-refractivity contribution in [2.75, 3.05) is 47.1 Å². The van der Waals surface area contributed by atoms with E-state index < -0.39 is 0 Å². The Kier molecular flexibility index (Phi) is 2.89. The van der Waals surface area contributed by atoms with E-state index in [-0.39, 0.29) is 23.1 Å². The van der Waals surface area contributed by atoms with Gasteiger partial charge in [0, 0.05) is 20.6 Å². The van der Waals surface area contributed by atoms with Gasteiger partial charge in [0.05, 0.1) is 25.3 Å². The first-order valence-corrected chi connectivity index (χ1v) is 8.11. The fourth-order valence-electron chi connectivity index (χ4n) is 4.55. The second-order valence-electron chi connectivity index (χ2n) is 7.40. The highest BCUT2D eigenvalue weighted by Crippen LogP contribution is 2.41. The molecule has 0 radical (unpaired) electrons. The van der Waals surface area contributed by atoms with Gasteiger partial charge in [-0.3, -0.25) is 4.90 Å². The monoisotopic (exact) mass is 308 g/mol. The van der Waals surface area contributed by atoms with Crippen molar-refractivity contribution in [3.05, 3.63) is 0 Å².